The van der Waals surface area contributed by atoms with Gasteiger partial charge < -0.3 is 10.6 Å². The van der Waals surface area contributed by atoms with Gasteiger partial charge in [0.15, 0.2) is 0 Å². The lowest BCUT2D eigenvalue weighted by molar-refractivity contribution is 0.0607. The number of carbonyl (C=O) groups is 1. The Morgan fingerprint density at radius 2 is 1.95 bits per heavy atom. The summed E-state index contributed by atoms with van der Waals surface area (Å²) in [5.41, 5.74) is 8.27. The quantitative estimate of drug-likeness (QED) is 0.849. The van der Waals surface area contributed by atoms with E-state index < -0.39 is 0 Å². The molecule has 114 valence electrons. The minimum Gasteiger partial charge on any atom is -0.399 e. The van der Waals surface area contributed by atoms with Crippen molar-refractivity contribution in [2.24, 2.45) is 0 Å². The molecular formula is C17H25N3O. The number of hydrogen-bond acceptors (Lipinski definition) is 3. The van der Waals surface area contributed by atoms with Crippen molar-refractivity contribution in [3.8, 4) is 0 Å². The average molecular weight is 287 g/mol. The van der Waals surface area contributed by atoms with Crippen LogP contribution in [-0.4, -0.2) is 47.9 Å². The number of piperidine rings is 1. The van der Waals surface area contributed by atoms with Crippen molar-refractivity contribution in [1.29, 1.82) is 0 Å². The molecule has 2 heterocycles. The molecular weight excluding hydrogens is 262 g/mol. The van der Waals surface area contributed by atoms with Crippen LogP contribution in [0.25, 0.3) is 0 Å². The second-order valence-electron chi connectivity index (χ2n) is 6.36. The predicted molar refractivity (Wildman–Crippen MR) is 85.3 cm³/mol. The van der Waals surface area contributed by atoms with Gasteiger partial charge in [0.05, 0.1) is 0 Å². The van der Waals surface area contributed by atoms with E-state index in [2.05, 4.69) is 4.90 Å². The maximum absolute atomic E-state index is 12.8. The molecule has 0 spiro atoms. The fraction of sp³-hybridized carbons (Fsp3) is 0.588. The van der Waals surface area contributed by atoms with Gasteiger partial charge in [-0.25, -0.2) is 0 Å². The van der Waals surface area contributed by atoms with Gasteiger partial charge >= 0.3 is 0 Å². The lowest BCUT2D eigenvalue weighted by Crippen LogP contribution is -2.49. The Balaban J connectivity index is 1.71. The molecule has 0 saturated carbocycles. The number of benzene rings is 1. The van der Waals surface area contributed by atoms with Crippen LogP contribution in [0, 0.1) is 6.92 Å². The number of amides is 1. The van der Waals surface area contributed by atoms with Crippen molar-refractivity contribution in [2.75, 3.05) is 31.9 Å². The summed E-state index contributed by atoms with van der Waals surface area (Å²) in [6.07, 6.45) is 4.95. The van der Waals surface area contributed by atoms with Gasteiger partial charge in [-0.2, -0.15) is 0 Å². The van der Waals surface area contributed by atoms with Crippen LogP contribution in [0.1, 0.15) is 41.6 Å². The largest absolute Gasteiger partial charge is 0.399 e. The zero-order chi connectivity index (χ0) is 14.8. The fourth-order valence-electron chi connectivity index (χ4n) is 3.64. The Labute approximate surface area is 126 Å². The Morgan fingerprint density at radius 1 is 1.19 bits per heavy atom. The summed E-state index contributed by atoms with van der Waals surface area (Å²) in [7, 11) is 0. The molecule has 2 saturated heterocycles. The first kappa shape index (κ1) is 14.4. The molecule has 3 rings (SSSR count). The van der Waals surface area contributed by atoms with Crippen molar-refractivity contribution in [2.45, 2.75) is 38.6 Å². The molecule has 2 fully saturated rings. The van der Waals surface area contributed by atoms with Crippen LogP contribution in [0.4, 0.5) is 5.69 Å². The van der Waals surface area contributed by atoms with E-state index in [1.807, 2.05) is 30.0 Å². The summed E-state index contributed by atoms with van der Waals surface area (Å²) in [6.45, 7) is 6.13. The summed E-state index contributed by atoms with van der Waals surface area (Å²) in [5, 5.41) is 0. The number of hydrogen-bond donors (Lipinski definition) is 1. The lowest BCUT2D eigenvalue weighted by Gasteiger charge is -2.37. The number of likely N-dealkylation sites (tertiary alicyclic amines) is 2. The second-order valence-corrected chi connectivity index (χ2v) is 6.36. The minimum absolute atomic E-state index is 0.163. The average Bonchev–Trinajstić information content (AvgIpc) is 3.01. The van der Waals surface area contributed by atoms with Crippen LogP contribution >= 0.6 is 0 Å². The molecule has 21 heavy (non-hydrogen) atoms. The SMILES string of the molecule is Cc1cc(N)ccc1C(=O)N1CCCC(N2CCCC2)C1. The monoisotopic (exact) mass is 287 g/mol. The summed E-state index contributed by atoms with van der Waals surface area (Å²) in [6, 6.07) is 6.13. The van der Waals surface area contributed by atoms with E-state index in [4.69, 9.17) is 5.73 Å². The van der Waals surface area contributed by atoms with Crippen molar-refractivity contribution in [3.63, 3.8) is 0 Å². The van der Waals surface area contributed by atoms with Crippen LogP contribution in [0.3, 0.4) is 0 Å². The van der Waals surface area contributed by atoms with Gasteiger partial charge in [0, 0.05) is 30.4 Å². The third kappa shape index (κ3) is 3.05. The second kappa shape index (κ2) is 6.06. The molecule has 4 heteroatoms. The van der Waals surface area contributed by atoms with Gasteiger partial charge in [0.1, 0.15) is 0 Å². The molecule has 1 aromatic rings. The molecule has 4 nitrogen and oxygen atoms in total. The van der Waals surface area contributed by atoms with E-state index >= 15 is 0 Å². The molecule has 1 atom stereocenters. The molecule has 0 aromatic heterocycles. The van der Waals surface area contributed by atoms with E-state index in [0.717, 1.165) is 36.3 Å². The van der Waals surface area contributed by atoms with Crippen molar-refractivity contribution in [3.05, 3.63) is 29.3 Å². The van der Waals surface area contributed by atoms with Crippen LogP contribution in [0.5, 0.6) is 0 Å². The molecule has 1 aromatic carbocycles. The molecule has 0 bridgehead atoms. The number of rotatable bonds is 2. The van der Waals surface area contributed by atoms with Gasteiger partial charge in [-0.05, 0) is 69.5 Å². The smallest absolute Gasteiger partial charge is 0.254 e. The van der Waals surface area contributed by atoms with Gasteiger partial charge in [-0.3, -0.25) is 9.69 Å². The fourth-order valence-corrected chi connectivity index (χ4v) is 3.64. The first-order valence-corrected chi connectivity index (χ1v) is 8.04. The number of nitrogens with zero attached hydrogens (tertiary/aromatic N) is 2. The first-order chi connectivity index (χ1) is 10.1. The zero-order valence-electron chi connectivity index (χ0n) is 12.8. The normalized spacial score (nSPS) is 23.5. The zero-order valence-corrected chi connectivity index (χ0v) is 12.8. The number of nitrogen functional groups attached to an aromatic ring is 1. The van der Waals surface area contributed by atoms with Crippen LogP contribution < -0.4 is 5.73 Å². The Bertz CT molecular complexity index is 523. The highest BCUT2D eigenvalue weighted by atomic mass is 16.2. The van der Waals surface area contributed by atoms with Gasteiger partial charge in [0.2, 0.25) is 0 Å². The molecule has 1 unspecified atom stereocenters. The Hall–Kier alpha value is -1.55. The van der Waals surface area contributed by atoms with Crippen molar-refractivity contribution >= 4 is 11.6 Å². The number of carbonyl (C=O) groups excluding carboxylic acids is 1. The molecule has 0 radical (unpaired) electrons. The van der Waals surface area contributed by atoms with E-state index in [0.29, 0.717) is 6.04 Å². The molecule has 2 aliphatic heterocycles. The van der Waals surface area contributed by atoms with Crippen LogP contribution in [0.2, 0.25) is 0 Å². The molecule has 2 N–H and O–H groups in total. The number of nitrogens with two attached hydrogens (primary N) is 1. The third-order valence-electron chi connectivity index (χ3n) is 4.82. The van der Waals surface area contributed by atoms with E-state index in [-0.39, 0.29) is 5.91 Å². The highest BCUT2D eigenvalue weighted by molar-refractivity contribution is 5.96. The standard InChI is InChI=1S/C17H25N3O/c1-13-11-14(18)6-7-16(13)17(21)20-10-4-5-15(12-20)19-8-2-3-9-19/h6-7,11,15H,2-5,8-10,12,18H2,1H3. The molecule has 1 amide bonds. The Kier molecular flexibility index (Phi) is 4.15. The lowest BCUT2D eigenvalue weighted by atomic mass is 10.0. The van der Waals surface area contributed by atoms with Crippen molar-refractivity contribution in [1.82, 2.24) is 9.80 Å². The van der Waals surface area contributed by atoms with E-state index in [1.54, 1.807) is 0 Å². The summed E-state index contributed by atoms with van der Waals surface area (Å²) in [4.78, 5) is 17.4. The highest BCUT2D eigenvalue weighted by Crippen LogP contribution is 2.23. The highest BCUT2D eigenvalue weighted by Gasteiger charge is 2.29. The minimum atomic E-state index is 0.163. The third-order valence-corrected chi connectivity index (χ3v) is 4.82. The number of aryl methyl sites for hydroxylation is 1. The first-order valence-electron chi connectivity index (χ1n) is 8.04. The summed E-state index contributed by atoms with van der Waals surface area (Å²) >= 11 is 0. The van der Waals surface area contributed by atoms with Gasteiger partial charge in [0.25, 0.3) is 5.91 Å². The van der Waals surface area contributed by atoms with Gasteiger partial charge in [-0.15, -0.1) is 0 Å². The number of anilines is 1. The van der Waals surface area contributed by atoms with E-state index in [9.17, 15) is 4.79 Å². The molecule has 0 aliphatic carbocycles. The van der Waals surface area contributed by atoms with Crippen LogP contribution in [-0.2, 0) is 0 Å². The van der Waals surface area contributed by atoms with Crippen LogP contribution in [0.15, 0.2) is 18.2 Å². The maximum atomic E-state index is 12.8. The summed E-state index contributed by atoms with van der Waals surface area (Å²) < 4.78 is 0. The predicted octanol–water partition coefficient (Wildman–Crippen LogP) is 2.28. The summed E-state index contributed by atoms with van der Waals surface area (Å²) in [5.74, 6) is 0.163. The maximum Gasteiger partial charge on any atom is 0.254 e. The molecule has 2 aliphatic rings. The topological polar surface area (TPSA) is 49.6 Å². The van der Waals surface area contributed by atoms with Crippen molar-refractivity contribution < 1.29 is 4.79 Å². The Morgan fingerprint density at radius 3 is 2.67 bits per heavy atom. The van der Waals surface area contributed by atoms with Gasteiger partial charge in [-0.1, -0.05) is 0 Å². The van der Waals surface area contributed by atoms with E-state index in [1.165, 1.54) is 32.4 Å².